The predicted molar refractivity (Wildman–Crippen MR) is 97.5 cm³/mol. The van der Waals surface area contributed by atoms with Crippen LogP contribution in [0.3, 0.4) is 0 Å². The SMILES string of the molecule is COC1CCCC(N2C(=O)/C(=C/C3CCC(O)C(O)C3)SC2=S)C1. The number of rotatable bonds is 3. The van der Waals surface area contributed by atoms with E-state index in [0.717, 1.165) is 32.1 Å². The van der Waals surface area contributed by atoms with Gasteiger partial charge in [-0.3, -0.25) is 9.69 Å². The third-order valence-corrected chi connectivity index (χ3v) is 6.68. The molecule has 0 aromatic carbocycles. The molecular formula is C17H25NO4S2. The van der Waals surface area contributed by atoms with Gasteiger partial charge in [0.1, 0.15) is 4.32 Å². The van der Waals surface area contributed by atoms with Gasteiger partial charge < -0.3 is 14.9 Å². The Morgan fingerprint density at radius 3 is 2.71 bits per heavy atom. The second kappa shape index (κ2) is 7.83. The van der Waals surface area contributed by atoms with Crippen LogP contribution in [0.25, 0.3) is 0 Å². The monoisotopic (exact) mass is 371 g/mol. The number of aliphatic hydroxyl groups excluding tert-OH is 2. The van der Waals surface area contributed by atoms with Gasteiger partial charge in [-0.1, -0.05) is 30.1 Å². The van der Waals surface area contributed by atoms with Crippen LogP contribution in [0.4, 0.5) is 0 Å². The molecule has 5 nitrogen and oxygen atoms in total. The summed E-state index contributed by atoms with van der Waals surface area (Å²) in [7, 11) is 1.72. The van der Waals surface area contributed by atoms with E-state index in [2.05, 4.69) is 0 Å². The number of allylic oxidation sites excluding steroid dienone is 1. The lowest BCUT2D eigenvalue weighted by molar-refractivity contribution is -0.124. The topological polar surface area (TPSA) is 70.0 Å². The van der Waals surface area contributed by atoms with Gasteiger partial charge in [0, 0.05) is 13.2 Å². The summed E-state index contributed by atoms with van der Waals surface area (Å²) < 4.78 is 6.10. The van der Waals surface area contributed by atoms with E-state index in [4.69, 9.17) is 17.0 Å². The minimum absolute atomic E-state index is 0.00707. The van der Waals surface area contributed by atoms with Gasteiger partial charge in [0.05, 0.1) is 23.2 Å². The molecule has 3 fully saturated rings. The smallest absolute Gasteiger partial charge is 0.266 e. The van der Waals surface area contributed by atoms with Gasteiger partial charge in [-0.25, -0.2) is 0 Å². The molecule has 2 N–H and O–H groups in total. The van der Waals surface area contributed by atoms with E-state index in [1.165, 1.54) is 11.8 Å². The maximum atomic E-state index is 12.8. The number of thioether (sulfide) groups is 1. The van der Waals surface area contributed by atoms with Gasteiger partial charge in [0.15, 0.2) is 0 Å². The van der Waals surface area contributed by atoms with Gasteiger partial charge in [-0.2, -0.15) is 0 Å². The molecule has 5 atom stereocenters. The summed E-state index contributed by atoms with van der Waals surface area (Å²) in [6.07, 6.45) is 6.56. The first-order chi connectivity index (χ1) is 11.5. The largest absolute Gasteiger partial charge is 0.390 e. The molecule has 1 aliphatic heterocycles. The number of ether oxygens (including phenoxy) is 1. The zero-order chi connectivity index (χ0) is 17.3. The fourth-order valence-electron chi connectivity index (χ4n) is 3.91. The van der Waals surface area contributed by atoms with E-state index < -0.39 is 12.2 Å². The number of amides is 1. The van der Waals surface area contributed by atoms with Crippen molar-refractivity contribution >= 4 is 34.2 Å². The van der Waals surface area contributed by atoms with Crippen molar-refractivity contribution in [3.05, 3.63) is 11.0 Å². The minimum Gasteiger partial charge on any atom is -0.390 e. The Morgan fingerprint density at radius 2 is 2.00 bits per heavy atom. The molecule has 0 aromatic heterocycles. The van der Waals surface area contributed by atoms with E-state index in [0.29, 0.717) is 22.1 Å². The number of hydrogen-bond donors (Lipinski definition) is 2. The minimum atomic E-state index is -0.703. The highest BCUT2D eigenvalue weighted by molar-refractivity contribution is 8.26. The molecular weight excluding hydrogens is 346 g/mol. The van der Waals surface area contributed by atoms with Crippen molar-refractivity contribution in [1.82, 2.24) is 4.90 Å². The average Bonchev–Trinajstić information content (AvgIpc) is 2.85. The number of methoxy groups -OCH3 is 1. The Hall–Kier alpha value is -0.470. The quantitative estimate of drug-likeness (QED) is 0.586. The Morgan fingerprint density at radius 1 is 1.21 bits per heavy atom. The number of thiocarbonyl (C=S) groups is 1. The fraction of sp³-hybridized carbons (Fsp3) is 0.765. The van der Waals surface area contributed by atoms with E-state index in [-0.39, 0.29) is 24.0 Å². The summed E-state index contributed by atoms with van der Waals surface area (Å²) in [6.45, 7) is 0. The maximum absolute atomic E-state index is 12.8. The van der Waals surface area contributed by atoms with E-state index >= 15 is 0 Å². The lowest BCUT2D eigenvalue weighted by Crippen LogP contribution is -2.43. The van der Waals surface area contributed by atoms with Crippen LogP contribution in [0.5, 0.6) is 0 Å². The van der Waals surface area contributed by atoms with Crippen LogP contribution in [-0.2, 0) is 9.53 Å². The molecule has 0 spiro atoms. The molecule has 5 unspecified atom stereocenters. The Balaban J connectivity index is 1.68. The van der Waals surface area contributed by atoms with Crippen molar-refractivity contribution in [2.75, 3.05) is 7.11 Å². The molecule has 3 rings (SSSR count). The molecule has 7 heteroatoms. The Labute approximate surface area is 152 Å². The molecule has 0 radical (unpaired) electrons. The second-order valence-corrected chi connectivity index (χ2v) is 8.64. The third-order valence-electron chi connectivity index (χ3n) is 5.33. The summed E-state index contributed by atoms with van der Waals surface area (Å²) in [5.41, 5.74) is 0. The molecule has 3 aliphatic rings. The first-order valence-corrected chi connectivity index (χ1v) is 9.88. The van der Waals surface area contributed by atoms with E-state index in [1.54, 1.807) is 12.0 Å². The van der Waals surface area contributed by atoms with E-state index in [9.17, 15) is 15.0 Å². The fourth-order valence-corrected chi connectivity index (χ4v) is 5.37. The van der Waals surface area contributed by atoms with Crippen LogP contribution in [0, 0.1) is 5.92 Å². The lowest BCUT2D eigenvalue weighted by atomic mass is 9.85. The van der Waals surface area contributed by atoms with Crippen molar-refractivity contribution in [3.8, 4) is 0 Å². The normalized spacial score (nSPS) is 39.7. The summed E-state index contributed by atoms with van der Waals surface area (Å²) in [4.78, 5) is 15.3. The summed E-state index contributed by atoms with van der Waals surface area (Å²) >= 11 is 6.82. The predicted octanol–water partition coefficient (Wildman–Crippen LogP) is 2.21. The highest BCUT2D eigenvalue weighted by atomic mass is 32.2. The number of hydrogen-bond acceptors (Lipinski definition) is 6. The van der Waals surface area contributed by atoms with Crippen LogP contribution in [0.15, 0.2) is 11.0 Å². The average molecular weight is 372 g/mol. The Bertz CT molecular complexity index is 539. The first-order valence-electron chi connectivity index (χ1n) is 8.65. The van der Waals surface area contributed by atoms with Crippen molar-refractivity contribution < 1.29 is 19.7 Å². The molecule has 1 amide bonds. The Kier molecular flexibility index (Phi) is 5.98. The maximum Gasteiger partial charge on any atom is 0.266 e. The van der Waals surface area contributed by atoms with Crippen molar-refractivity contribution in [2.24, 2.45) is 5.92 Å². The van der Waals surface area contributed by atoms with Gasteiger partial charge in [0.25, 0.3) is 5.91 Å². The van der Waals surface area contributed by atoms with E-state index in [1.807, 2.05) is 6.08 Å². The van der Waals surface area contributed by atoms with Crippen molar-refractivity contribution in [2.45, 2.75) is 69.3 Å². The number of carbonyl (C=O) groups excluding carboxylic acids is 1. The van der Waals surface area contributed by atoms with Gasteiger partial charge in [-0.05, 0) is 50.9 Å². The standard InChI is InChI=1S/C17H25NO4S2/c1-22-12-4-2-3-11(9-12)18-16(21)15(24-17(18)23)8-10-5-6-13(19)14(20)7-10/h8,10-14,19-20H,2-7,9H2,1H3/b15-8-. The molecule has 0 bridgehead atoms. The zero-order valence-corrected chi connectivity index (χ0v) is 15.5. The van der Waals surface area contributed by atoms with Crippen LogP contribution >= 0.6 is 24.0 Å². The molecule has 2 saturated carbocycles. The highest BCUT2D eigenvalue weighted by Gasteiger charge is 2.40. The lowest BCUT2D eigenvalue weighted by Gasteiger charge is -2.33. The zero-order valence-electron chi connectivity index (χ0n) is 13.9. The molecule has 0 aromatic rings. The van der Waals surface area contributed by atoms with Crippen LogP contribution in [0.2, 0.25) is 0 Å². The first kappa shape index (κ1) is 18.3. The molecule has 134 valence electrons. The third kappa shape index (κ3) is 3.85. The van der Waals surface area contributed by atoms with Gasteiger partial charge in [-0.15, -0.1) is 0 Å². The summed E-state index contributed by atoms with van der Waals surface area (Å²) in [5.74, 6) is 0.114. The molecule has 2 aliphatic carbocycles. The number of nitrogens with zero attached hydrogens (tertiary/aromatic N) is 1. The van der Waals surface area contributed by atoms with Crippen LogP contribution in [0.1, 0.15) is 44.9 Å². The van der Waals surface area contributed by atoms with Crippen molar-refractivity contribution in [3.63, 3.8) is 0 Å². The van der Waals surface area contributed by atoms with Crippen molar-refractivity contribution in [1.29, 1.82) is 0 Å². The second-order valence-electron chi connectivity index (χ2n) is 6.96. The number of aliphatic hydroxyl groups is 2. The summed E-state index contributed by atoms with van der Waals surface area (Å²) in [6, 6.07) is 0.126. The summed E-state index contributed by atoms with van der Waals surface area (Å²) in [5, 5.41) is 19.5. The van der Waals surface area contributed by atoms with Gasteiger partial charge in [0.2, 0.25) is 0 Å². The highest BCUT2D eigenvalue weighted by Crippen LogP contribution is 2.38. The molecule has 1 heterocycles. The van der Waals surface area contributed by atoms with Crippen LogP contribution < -0.4 is 0 Å². The molecule has 24 heavy (non-hydrogen) atoms. The molecule has 1 saturated heterocycles. The van der Waals surface area contributed by atoms with Crippen LogP contribution in [-0.4, -0.2) is 56.8 Å². The number of carbonyl (C=O) groups is 1. The van der Waals surface area contributed by atoms with Gasteiger partial charge >= 0.3 is 0 Å².